The molecule has 0 amide bonds. The van der Waals surface area contributed by atoms with E-state index in [2.05, 4.69) is 25.8 Å². The Morgan fingerprint density at radius 2 is 2.19 bits per heavy atom. The van der Waals surface area contributed by atoms with Crippen molar-refractivity contribution in [2.45, 2.75) is 6.92 Å². The van der Waals surface area contributed by atoms with Crippen LogP contribution in [0, 0.1) is 0 Å². The zero-order chi connectivity index (χ0) is 11.2. The predicted molar refractivity (Wildman–Crippen MR) is 57.9 cm³/mol. The maximum atomic E-state index is 5.04. The number of tetrazole rings is 1. The number of benzene rings is 1. The van der Waals surface area contributed by atoms with Crippen molar-refractivity contribution in [1.82, 2.24) is 20.6 Å². The largest absolute Gasteiger partial charge is 0.396 e. The van der Waals surface area contributed by atoms with E-state index in [4.69, 9.17) is 4.84 Å². The third-order valence-electron chi connectivity index (χ3n) is 1.89. The van der Waals surface area contributed by atoms with Gasteiger partial charge in [0.2, 0.25) is 5.82 Å². The number of aromatic amines is 1. The lowest BCUT2D eigenvalue weighted by atomic mass is 10.1. The van der Waals surface area contributed by atoms with E-state index in [0.29, 0.717) is 18.1 Å². The molecule has 0 fully saturated rings. The minimum absolute atomic E-state index is 0.416. The highest BCUT2D eigenvalue weighted by Gasteiger charge is 2.11. The number of H-pyrrole nitrogens is 1. The average Bonchev–Trinajstić information content (AvgIpc) is 2.85. The second kappa shape index (κ2) is 5.01. The molecule has 16 heavy (non-hydrogen) atoms. The van der Waals surface area contributed by atoms with E-state index in [1.807, 2.05) is 37.3 Å². The molecule has 0 bridgehead atoms. The van der Waals surface area contributed by atoms with E-state index in [1.165, 1.54) is 0 Å². The molecule has 0 aliphatic carbocycles. The maximum Gasteiger partial charge on any atom is 0.226 e. The Labute approximate surface area is 92.3 Å². The summed E-state index contributed by atoms with van der Waals surface area (Å²) in [5, 5.41) is 17.7. The average molecular weight is 217 g/mol. The predicted octanol–water partition coefficient (Wildman–Crippen LogP) is 0.989. The van der Waals surface area contributed by atoms with Crippen LogP contribution in [0.2, 0.25) is 0 Å². The molecule has 82 valence electrons. The first-order valence-electron chi connectivity index (χ1n) is 4.91. The smallest absolute Gasteiger partial charge is 0.226 e. The Kier molecular flexibility index (Phi) is 3.22. The van der Waals surface area contributed by atoms with Gasteiger partial charge >= 0.3 is 0 Å². The van der Waals surface area contributed by atoms with Gasteiger partial charge in [-0.15, -0.1) is 10.2 Å². The molecular weight excluding hydrogens is 206 g/mol. The van der Waals surface area contributed by atoms with Crippen molar-refractivity contribution < 1.29 is 4.84 Å². The Balaban J connectivity index is 2.37. The molecule has 6 heteroatoms. The molecule has 1 aromatic heterocycles. The summed E-state index contributed by atoms with van der Waals surface area (Å²) in [6.07, 6.45) is 0. The molecule has 0 radical (unpaired) electrons. The highest BCUT2D eigenvalue weighted by Crippen LogP contribution is 2.06. The molecule has 0 spiro atoms. The SMILES string of the molecule is CCON=C(c1ccccc1)c1nn[nH]n1. The summed E-state index contributed by atoms with van der Waals surface area (Å²) in [5.74, 6) is 0.416. The Morgan fingerprint density at radius 3 is 2.81 bits per heavy atom. The standard InChI is InChI=1S/C10H11N5O/c1-2-16-13-9(10-11-14-15-12-10)8-6-4-3-5-7-8/h3-7H,2H2,1H3,(H,11,12,14,15). The van der Waals surface area contributed by atoms with Crippen LogP contribution in [0.3, 0.4) is 0 Å². The van der Waals surface area contributed by atoms with Gasteiger partial charge in [-0.05, 0) is 12.1 Å². The quantitative estimate of drug-likeness (QED) is 0.612. The number of nitrogens with zero attached hydrogens (tertiary/aromatic N) is 4. The minimum atomic E-state index is 0.416. The summed E-state index contributed by atoms with van der Waals surface area (Å²) in [6, 6.07) is 9.58. The lowest BCUT2D eigenvalue weighted by Gasteiger charge is -2.01. The fraction of sp³-hybridized carbons (Fsp3) is 0.200. The summed E-state index contributed by atoms with van der Waals surface area (Å²) in [6.45, 7) is 2.36. The van der Waals surface area contributed by atoms with Gasteiger partial charge in [0.25, 0.3) is 0 Å². The summed E-state index contributed by atoms with van der Waals surface area (Å²) in [4.78, 5) is 5.04. The Hall–Kier alpha value is -2.24. The topological polar surface area (TPSA) is 76.1 Å². The van der Waals surface area contributed by atoms with Crippen molar-refractivity contribution in [3.63, 3.8) is 0 Å². The summed E-state index contributed by atoms with van der Waals surface area (Å²) >= 11 is 0. The van der Waals surface area contributed by atoms with Crippen LogP contribution in [-0.4, -0.2) is 32.9 Å². The molecule has 0 unspecified atom stereocenters. The summed E-state index contributed by atoms with van der Waals surface area (Å²) < 4.78 is 0. The lowest BCUT2D eigenvalue weighted by Crippen LogP contribution is -2.07. The second-order valence-electron chi connectivity index (χ2n) is 2.96. The zero-order valence-electron chi connectivity index (χ0n) is 8.79. The van der Waals surface area contributed by atoms with E-state index in [1.54, 1.807) is 0 Å². The van der Waals surface area contributed by atoms with E-state index in [-0.39, 0.29) is 0 Å². The molecule has 0 aliphatic heterocycles. The van der Waals surface area contributed by atoms with Gasteiger partial charge < -0.3 is 4.84 Å². The minimum Gasteiger partial charge on any atom is -0.396 e. The fourth-order valence-electron chi connectivity index (χ4n) is 1.21. The van der Waals surface area contributed by atoms with Gasteiger partial charge in [0.05, 0.1) is 0 Å². The van der Waals surface area contributed by atoms with Crippen LogP contribution in [0.15, 0.2) is 35.5 Å². The maximum absolute atomic E-state index is 5.04. The highest BCUT2D eigenvalue weighted by molar-refractivity contribution is 6.10. The van der Waals surface area contributed by atoms with Crippen LogP contribution in [0.25, 0.3) is 0 Å². The molecule has 1 aromatic carbocycles. The molecular formula is C10H11N5O. The third-order valence-corrected chi connectivity index (χ3v) is 1.89. The van der Waals surface area contributed by atoms with Crippen LogP contribution in [0.4, 0.5) is 0 Å². The number of hydrogen-bond acceptors (Lipinski definition) is 5. The molecule has 1 heterocycles. The molecule has 0 saturated heterocycles. The molecule has 0 aliphatic rings. The number of rotatable bonds is 4. The van der Waals surface area contributed by atoms with Crippen LogP contribution in [-0.2, 0) is 4.84 Å². The Morgan fingerprint density at radius 1 is 1.38 bits per heavy atom. The van der Waals surface area contributed by atoms with Crippen molar-refractivity contribution >= 4 is 5.71 Å². The third kappa shape index (κ3) is 2.22. The van der Waals surface area contributed by atoms with Crippen molar-refractivity contribution in [2.75, 3.05) is 6.61 Å². The van der Waals surface area contributed by atoms with Crippen molar-refractivity contribution in [3.05, 3.63) is 41.7 Å². The van der Waals surface area contributed by atoms with E-state index < -0.39 is 0 Å². The zero-order valence-corrected chi connectivity index (χ0v) is 8.79. The van der Waals surface area contributed by atoms with E-state index in [0.717, 1.165) is 5.56 Å². The number of nitrogens with one attached hydrogen (secondary N) is 1. The normalized spacial score (nSPS) is 11.4. The first-order chi connectivity index (χ1) is 7.92. The highest BCUT2D eigenvalue weighted by atomic mass is 16.6. The summed E-state index contributed by atoms with van der Waals surface area (Å²) in [7, 11) is 0. The van der Waals surface area contributed by atoms with Crippen molar-refractivity contribution in [2.24, 2.45) is 5.16 Å². The van der Waals surface area contributed by atoms with Crippen molar-refractivity contribution in [3.8, 4) is 0 Å². The van der Waals surface area contributed by atoms with Crippen LogP contribution in [0.5, 0.6) is 0 Å². The van der Waals surface area contributed by atoms with Crippen molar-refractivity contribution in [1.29, 1.82) is 0 Å². The second-order valence-corrected chi connectivity index (χ2v) is 2.96. The van der Waals surface area contributed by atoms with Gasteiger partial charge in [0, 0.05) is 5.56 Å². The Bertz CT molecular complexity index is 451. The van der Waals surface area contributed by atoms with Gasteiger partial charge in [-0.2, -0.15) is 5.21 Å². The van der Waals surface area contributed by atoms with Gasteiger partial charge in [0.1, 0.15) is 6.61 Å². The molecule has 0 saturated carbocycles. The van der Waals surface area contributed by atoms with Crippen LogP contribution in [0.1, 0.15) is 18.3 Å². The molecule has 6 nitrogen and oxygen atoms in total. The van der Waals surface area contributed by atoms with Gasteiger partial charge in [-0.25, -0.2) is 0 Å². The monoisotopic (exact) mass is 217 g/mol. The molecule has 0 atom stereocenters. The van der Waals surface area contributed by atoms with E-state index >= 15 is 0 Å². The van der Waals surface area contributed by atoms with Crippen LogP contribution >= 0.6 is 0 Å². The molecule has 2 aromatic rings. The number of aromatic nitrogens is 4. The van der Waals surface area contributed by atoms with Gasteiger partial charge in [0.15, 0.2) is 5.71 Å². The summed E-state index contributed by atoms with van der Waals surface area (Å²) in [5.41, 5.74) is 1.45. The fourth-order valence-corrected chi connectivity index (χ4v) is 1.21. The lowest BCUT2D eigenvalue weighted by molar-refractivity contribution is 0.159. The number of oxime groups is 1. The molecule has 1 N–H and O–H groups in total. The first kappa shape index (κ1) is 10.3. The number of hydrogen-bond donors (Lipinski definition) is 1. The van der Waals surface area contributed by atoms with Gasteiger partial charge in [-0.3, -0.25) is 0 Å². The first-order valence-corrected chi connectivity index (χ1v) is 4.91. The van der Waals surface area contributed by atoms with Crippen LogP contribution < -0.4 is 0 Å². The molecule has 2 rings (SSSR count). The van der Waals surface area contributed by atoms with Gasteiger partial charge in [-0.1, -0.05) is 35.5 Å². The van der Waals surface area contributed by atoms with E-state index in [9.17, 15) is 0 Å².